The van der Waals surface area contributed by atoms with Crippen LogP contribution in [0.1, 0.15) is 32.6 Å². The predicted octanol–water partition coefficient (Wildman–Crippen LogP) is 2.49. The van der Waals surface area contributed by atoms with E-state index in [-0.39, 0.29) is 6.54 Å². The van der Waals surface area contributed by atoms with Gasteiger partial charge >= 0.3 is 0 Å². The molecule has 0 aliphatic carbocycles. The van der Waals surface area contributed by atoms with Crippen molar-refractivity contribution in [2.75, 3.05) is 31.5 Å². The standard InChI is InChI=1S/C16H22F3N3O3S/c1-2-8-22(26(24,25)21-9-4-3-5-10-21)11-14(23)20-13-7-6-12(17)15(18)16(13)19/h6-7H,2-5,8-11H2,1H3,(H,20,23). The highest BCUT2D eigenvalue weighted by Gasteiger charge is 2.31. The molecule has 6 nitrogen and oxygen atoms in total. The minimum absolute atomic E-state index is 0.118. The van der Waals surface area contributed by atoms with E-state index < -0.39 is 45.8 Å². The molecule has 1 heterocycles. The van der Waals surface area contributed by atoms with Crippen LogP contribution in [0.25, 0.3) is 0 Å². The number of benzene rings is 1. The van der Waals surface area contributed by atoms with E-state index in [0.29, 0.717) is 25.6 Å². The summed E-state index contributed by atoms with van der Waals surface area (Å²) in [5, 5.41) is 2.10. The highest BCUT2D eigenvalue weighted by molar-refractivity contribution is 7.86. The highest BCUT2D eigenvalue weighted by Crippen LogP contribution is 2.20. The molecule has 0 radical (unpaired) electrons. The molecule has 10 heteroatoms. The number of amides is 1. The molecule has 2 rings (SSSR count). The molecule has 0 unspecified atom stereocenters. The number of halogens is 3. The molecule has 1 fully saturated rings. The molecule has 0 atom stereocenters. The average Bonchev–Trinajstić information content (AvgIpc) is 2.62. The van der Waals surface area contributed by atoms with Gasteiger partial charge in [0, 0.05) is 19.6 Å². The first-order valence-electron chi connectivity index (χ1n) is 8.46. The van der Waals surface area contributed by atoms with Crippen LogP contribution in [0, 0.1) is 17.5 Å². The van der Waals surface area contributed by atoms with Crippen LogP contribution in [-0.2, 0) is 15.0 Å². The van der Waals surface area contributed by atoms with Gasteiger partial charge in [0.05, 0.1) is 12.2 Å². The van der Waals surface area contributed by atoms with Gasteiger partial charge in [-0.2, -0.15) is 17.0 Å². The summed E-state index contributed by atoms with van der Waals surface area (Å²) < 4.78 is 67.6. The fraction of sp³-hybridized carbons (Fsp3) is 0.562. The lowest BCUT2D eigenvalue weighted by molar-refractivity contribution is -0.116. The van der Waals surface area contributed by atoms with Gasteiger partial charge in [-0.05, 0) is 31.4 Å². The van der Waals surface area contributed by atoms with Crippen LogP contribution >= 0.6 is 0 Å². The SMILES string of the molecule is CCCN(CC(=O)Nc1ccc(F)c(F)c1F)S(=O)(=O)N1CCCCC1. The molecular formula is C16H22F3N3O3S. The number of rotatable bonds is 7. The van der Waals surface area contributed by atoms with Gasteiger partial charge in [0.25, 0.3) is 10.2 Å². The minimum atomic E-state index is -3.82. The van der Waals surface area contributed by atoms with Gasteiger partial charge in [-0.15, -0.1) is 0 Å². The molecule has 0 spiro atoms. The van der Waals surface area contributed by atoms with Crippen LogP contribution in [0.3, 0.4) is 0 Å². The van der Waals surface area contributed by atoms with E-state index in [9.17, 15) is 26.4 Å². The number of anilines is 1. The third-order valence-corrected chi connectivity index (χ3v) is 6.05. The number of hydrogen-bond donors (Lipinski definition) is 1. The number of carbonyl (C=O) groups excluding carboxylic acids is 1. The van der Waals surface area contributed by atoms with Gasteiger partial charge in [-0.1, -0.05) is 13.3 Å². The van der Waals surface area contributed by atoms with Crippen molar-refractivity contribution in [2.24, 2.45) is 0 Å². The molecule has 1 saturated heterocycles. The summed E-state index contributed by atoms with van der Waals surface area (Å²) in [6, 6.07) is 1.57. The zero-order valence-corrected chi connectivity index (χ0v) is 15.3. The topological polar surface area (TPSA) is 69.7 Å². The highest BCUT2D eigenvalue weighted by atomic mass is 32.2. The molecule has 0 bridgehead atoms. The molecule has 0 aromatic heterocycles. The Morgan fingerprint density at radius 3 is 2.42 bits per heavy atom. The summed E-state index contributed by atoms with van der Waals surface area (Å²) in [5.41, 5.74) is -0.541. The summed E-state index contributed by atoms with van der Waals surface area (Å²) in [6.45, 7) is 2.13. The van der Waals surface area contributed by atoms with E-state index in [0.717, 1.165) is 29.6 Å². The van der Waals surface area contributed by atoms with Crippen molar-refractivity contribution in [3.8, 4) is 0 Å². The summed E-state index contributed by atoms with van der Waals surface area (Å²) in [5.74, 6) is -5.43. The largest absolute Gasteiger partial charge is 0.322 e. The molecule has 1 aliphatic heterocycles. The molecule has 1 aromatic carbocycles. The second-order valence-corrected chi connectivity index (χ2v) is 8.00. The lowest BCUT2D eigenvalue weighted by atomic mass is 10.2. The zero-order valence-electron chi connectivity index (χ0n) is 14.5. The number of carbonyl (C=O) groups is 1. The Morgan fingerprint density at radius 2 is 1.81 bits per heavy atom. The van der Waals surface area contributed by atoms with E-state index in [2.05, 4.69) is 5.32 Å². The molecule has 1 aromatic rings. The van der Waals surface area contributed by atoms with E-state index in [1.54, 1.807) is 6.92 Å². The van der Waals surface area contributed by atoms with E-state index in [1.165, 1.54) is 4.31 Å². The summed E-state index contributed by atoms with van der Waals surface area (Å²) in [6.07, 6.45) is 2.95. The van der Waals surface area contributed by atoms with E-state index in [1.807, 2.05) is 0 Å². The Kier molecular flexibility index (Phi) is 7.01. The van der Waals surface area contributed by atoms with Crippen LogP contribution in [-0.4, -0.2) is 49.1 Å². The molecule has 1 amide bonds. The first-order valence-corrected chi connectivity index (χ1v) is 9.85. The molecule has 0 saturated carbocycles. The normalized spacial score (nSPS) is 16.0. The Bertz CT molecular complexity index is 753. The van der Waals surface area contributed by atoms with Crippen molar-refractivity contribution < 1.29 is 26.4 Å². The van der Waals surface area contributed by atoms with Crippen molar-refractivity contribution in [2.45, 2.75) is 32.6 Å². The Labute approximate surface area is 151 Å². The third-order valence-electron chi connectivity index (χ3n) is 4.07. The average molecular weight is 393 g/mol. The fourth-order valence-corrected chi connectivity index (χ4v) is 4.50. The first kappa shape index (κ1) is 20.7. The summed E-state index contributed by atoms with van der Waals surface area (Å²) in [4.78, 5) is 12.2. The maximum absolute atomic E-state index is 13.7. The second kappa shape index (κ2) is 8.83. The molecule has 1 N–H and O–H groups in total. The number of nitrogens with zero attached hydrogens (tertiary/aromatic N) is 2. The molecule has 26 heavy (non-hydrogen) atoms. The van der Waals surface area contributed by atoms with E-state index >= 15 is 0 Å². The maximum atomic E-state index is 13.7. The molecule has 1 aliphatic rings. The van der Waals surface area contributed by atoms with Gasteiger partial charge in [-0.25, -0.2) is 13.2 Å². The van der Waals surface area contributed by atoms with Crippen LogP contribution in [0.2, 0.25) is 0 Å². The smallest absolute Gasteiger partial charge is 0.282 e. The second-order valence-electron chi connectivity index (χ2n) is 6.07. The lowest BCUT2D eigenvalue weighted by Gasteiger charge is -2.31. The van der Waals surface area contributed by atoms with Gasteiger partial charge < -0.3 is 5.32 Å². The van der Waals surface area contributed by atoms with Crippen molar-refractivity contribution >= 4 is 21.8 Å². The first-order chi connectivity index (χ1) is 12.3. The Balaban J connectivity index is 2.11. The quantitative estimate of drug-likeness (QED) is 0.724. The molecule has 146 valence electrons. The monoisotopic (exact) mass is 393 g/mol. The third kappa shape index (κ3) is 4.74. The Morgan fingerprint density at radius 1 is 1.15 bits per heavy atom. The maximum Gasteiger partial charge on any atom is 0.282 e. The van der Waals surface area contributed by atoms with Crippen molar-refractivity contribution in [3.05, 3.63) is 29.6 Å². The van der Waals surface area contributed by atoms with Crippen LogP contribution in [0.4, 0.5) is 18.9 Å². The van der Waals surface area contributed by atoms with Crippen molar-refractivity contribution in [1.29, 1.82) is 0 Å². The number of hydrogen-bond acceptors (Lipinski definition) is 3. The van der Waals surface area contributed by atoms with Gasteiger partial charge in [0.15, 0.2) is 17.5 Å². The lowest BCUT2D eigenvalue weighted by Crippen LogP contribution is -2.48. The van der Waals surface area contributed by atoms with E-state index in [4.69, 9.17) is 0 Å². The van der Waals surface area contributed by atoms with Crippen LogP contribution < -0.4 is 5.32 Å². The fourth-order valence-electron chi connectivity index (χ4n) is 2.76. The summed E-state index contributed by atoms with van der Waals surface area (Å²) in [7, 11) is -3.82. The van der Waals surface area contributed by atoms with Crippen LogP contribution in [0.5, 0.6) is 0 Å². The summed E-state index contributed by atoms with van der Waals surface area (Å²) >= 11 is 0. The van der Waals surface area contributed by atoms with Crippen LogP contribution in [0.15, 0.2) is 12.1 Å². The van der Waals surface area contributed by atoms with Gasteiger partial charge in [0.2, 0.25) is 5.91 Å². The number of nitrogens with one attached hydrogen (secondary N) is 1. The predicted molar refractivity (Wildman–Crippen MR) is 91.2 cm³/mol. The van der Waals surface area contributed by atoms with Gasteiger partial charge in [-0.3, -0.25) is 4.79 Å². The zero-order chi connectivity index (χ0) is 19.3. The number of piperidine rings is 1. The van der Waals surface area contributed by atoms with Crippen molar-refractivity contribution in [1.82, 2.24) is 8.61 Å². The van der Waals surface area contributed by atoms with Crippen molar-refractivity contribution in [3.63, 3.8) is 0 Å². The minimum Gasteiger partial charge on any atom is -0.322 e. The Hall–Kier alpha value is -1.65. The molecular weight excluding hydrogens is 371 g/mol. The van der Waals surface area contributed by atoms with Gasteiger partial charge in [0.1, 0.15) is 0 Å².